The van der Waals surface area contributed by atoms with Gasteiger partial charge in [0, 0.05) is 31.4 Å². The van der Waals surface area contributed by atoms with E-state index in [0.29, 0.717) is 32.4 Å². The molecular formula is C23H27N5O3S. The number of rotatable bonds is 7. The summed E-state index contributed by atoms with van der Waals surface area (Å²) in [5, 5.41) is 3.09. The smallest absolute Gasteiger partial charge is 0.244 e. The fraction of sp³-hybridized carbons (Fsp3) is 0.348. The van der Waals surface area contributed by atoms with Gasteiger partial charge in [-0.1, -0.05) is 37.3 Å². The van der Waals surface area contributed by atoms with Crippen LogP contribution in [0.15, 0.2) is 66.0 Å². The van der Waals surface area contributed by atoms with E-state index >= 15 is 0 Å². The van der Waals surface area contributed by atoms with E-state index in [9.17, 15) is 13.2 Å². The number of benzene rings is 1. The van der Waals surface area contributed by atoms with Crippen molar-refractivity contribution in [3.05, 3.63) is 66.9 Å². The van der Waals surface area contributed by atoms with Crippen molar-refractivity contribution in [2.75, 3.05) is 13.1 Å². The third-order valence-electron chi connectivity index (χ3n) is 5.83. The number of aromatic amines is 1. The molecule has 168 valence electrons. The van der Waals surface area contributed by atoms with Crippen molar-refractivity contribution in [3.8, 4) is 11.3 Å². The summed E-state index contributed by atoms with van der Waals surface area (Å²) in [4.78, 5) is 24.8. The third-order valence-corrected chi connectivity index (χ3v) is 7.71. The van der Waals surface area contributed by atoms with E-state index in [1.807, 2.05) is 37.3 Å². The van der Waals surface area contributed by atoms with Gasteiger partial charge in [-0.05, 0) is 37.0 Å². The Morgan fingerprint density at radius 1 is 1.16 bits per heavy atom. The van der Waals surface area contributed by atoms with Crippen LogP contribution in [0.1, 0.15) is 38.1 Å². The van der Waals surface area contributed by atoms with Crippen LogP contribution in [0.25, 0.3) is 11.3 Å². The number of nitrogens with zero attached hydrogens (tertiary/aromatic N) is 3. The summed E-state index contributed by atoms with van der Waals surface area (Å²) in [6, 6.07) is 12.8. The molecular weight excluding hydrogens is 426 g/mol. The van der Waals surface area contributed by atoms with Crippen molar-refractivity contribution in [2.45, 2.75) is 37.1 Å². The molecule has 2 aromatic heterocycles. The molecule has 1 saturated heterocycles. The van der Waals surface area contributed by atoms with Gasteiger partial charge in [-0.3, -0.25) is 9.78 Å². The normalized spacial score (nSPS) is 16.5. The van der Waals surface area contributed by atoms with E-state index in [1.165, 1.54) is 10.5 Å². The number of pyridine rings is 1. The molecule has 0 radical (unpaired) electrons. The lowest BCUT2D eigenvalue weighted by atomic mass is 9.96. The Kier molecular flexibility index (Phi) is 6.66. The van der Waals surface area contributed by atoms with Gasteiger partial charge in [-0.2, -0.15) is 4.31 Å². The highest BCUT2D eigenvalue weighted by Crippen LogP contribution is 2.25. The number of hydrogen-bond acceptors (Lipinski definition) is 5. The van der Waals surface area contributed by atoms with Gasteiger partial charge in [-0.15, -0.1) is 0 Å². The molecule has 8 nitrogen and oxygen atoms in total. The molecule has 32 heavy (non-hydrogen) atoms. The number of nitrogens with one attached hydrogen (secondary N) is 2. The fourth-order valence-corrected chi connectivity index (χ4v) is 5.37. The van der Waals surface area contributed by atoms with Crippen molar-refractivity contribution < 1.29 is 13.2 Å². The van der Waals surface area contributed by atoms with Crippen LogP contribution in [-0.4, -0.2) is 46.7 Å². The monoisotopic (exact) mass is 453 g/mol. The van der Waals surface area contributed by atoms with E-state index in [-0.39, 0.29) is 22.8 Å². The SMILES string of the molecule is CCC(NC(=O)C1CCN(S(=O)(=O)c2cccnc2)CC1)c1ncc(-c2ccccc2)[nH]1. The van der Waals surface area contributed by atoms with Crippen LogP contribution in [0.4, 0.5) is 0 Å². The van der Waals surface area contributed by atoms with E-state index in [4.69, 9.17) is 0 Å². The first-order chi connectivity index (χ1) is 15.5. The van der Waals surface area contributed by atoms with Gasteiger partial charge in [0.1, 0.15) is 10.7 Å². The van der Waals surface area contributed by atoms with Crippen LogP contribution >= 0.6 is 0 Å². The Morgan fingerprint density at radius 2 is 1.91 bits per heavy atom. The van der Waals surface area contributed by atoms with Crippen LogP contribution < -0.4 is 5.32 Å². The Labute approximate surface area is 188 Å². The summed E-state index contributed by atoms with van der Waals surface area (Å²) in [5.41, 5.74) is 1.94. The molecule has 0 bridgehead atoms. The van der Waals surface area contributed by atoms with E-state index < -0.39 is 10.0 Å². The zero-order valence-corrected chi connectivity index (χ0v) is 18.8. The molecule has 1 fully saturated rings. The lowest BCUT2D eigenvalue weighted by molar-refractivity contribution is -0.127. The first kappa shape index (κ1) is 22.2. The second-order valence-electron chi connectivity index (χ2n) is 7.88. The van der Waals surface area contributed by atoms with Gasteiger partial charge in [0.15, 0.2) is 0 Å². The Morgan fingerprint density at radius 3 is 2.56 bits per heavy atom. The topological polar surface area (TPSA) is 108 Å². The summed E-state index contributed by atoms with van der Waals surface area (Å²) in [6.07, 6.45) is 6.34. The summed E-state index contributed by atoms with van der Waals surface area (Å²) < 4.78 is 27.0. The number of piperidine rings is 1. The standard InChI is InChI=1S/C23H27N5O3S/c1-2-20(22-25-16-21(26-22)17-7-4-3-5-8-17)27-23(29)18-10-13-28(14-11-18)32(30,31)19-9-6-12-24-15-19/h3-9,12,15-16,18,20H,2,10-11,13-14H2,1H3,(H,25,26)(H,27,29). The van der Waals surface area contributed by atoms with E-state index in [0.717, 1.165) is 17.1 Å². The lowest BCUT2D eigenvalue weighted by Gasteiger charge is -2.31. The van der Waals surface area contributed by atoms with Gasteiger partial charge in [0.2, 0.25) is 15.9 Å². The summed E-state index contributed by atoms with van der Waals surface area (Å²) in [7, 11) is -3.58. The predicted octanol–water partition coefficient (Wildman–Crippen LogP) is 3.14. The minimum atomic E-state index is -3.58. The number of carbonyl (C=O) groups is 1. The number of amides is 1. The molecule has 3 heterocycles. The zero-order valence-electron chi connectivity index (χ0n) is 17.9. The molecule has 2 N–H and O–H groups in total. The van der Waals surface area contributed by atoms with Crippen molar-refractivity contribution in [1.29, 1.82) is 0 Å². The minimum Gasteiger partial charge on any atom is -0.346 e. The molecule has 1 amide bonds. The van der Waals surface area contributed by atoms with Gasteiger partial charge < -0.3 is 10.3 Å². The first-order valence-corrected chi connectivity index (χ1v) is 12.2. The molecule has 1 aliphatic heterocycles. The highest BCUT2D eigenvalue weighted by atomic mass is 32.2. The Bertz CT molecular complexity index is 1140. The Balaban J connectivity index is 1.37. The average Bonchev–Trinajstić information content (AvgIpc) is 3.34. The second-order valence-corrected chi connectivity index (χ2v) is 9.82. The molecule has 0 aliphatic carbocycles. The van der Waals surface area contributed by atoms with Crippen molar-refractivity contribution in [3.63, 3.8) is 0 Å². The zero-order chi connectivity index (χ0) is 22.6. The number of carbonyl (C=O) groups excluding carboxylic acids is 1. The first-order valence-electron chi connectivity index (χ1n) is 10.8. The quantitative estimate of drug-likeness (QED) is 0.571. The highest BCUT2D eigenvalue weighted by molar-refractivity contribution is 7.89. The van der Waals surface area contributed by atoms with Crippen molar-refractivity contribution in [1.82, 2.24) is 24.6 Å². The largest absolute Gasteiger partial charge is 0.346 e. The van der Waals surface area contributed by atoms with Gasteiger partial charge in [0.25, 0.3) is 0 Å². The number of sulfonamides is 1. The Hall–Kier alpha value is -3.04. The van der Waals surface area contributed by atoms with Gasteiger partial charge in [-0.25, -0.2) is 13.4 Å². The maximum Gasteiger partial charge on any atom is 0.244 e. The number of hydrogen-bond donors (Lipinski definition) is 2. The number of aromatic nitrogens is 3. The molecule has 1 atom stereocenters. The molecule has 9 heteroatoms. The number of H-pyrrole nitrogens is 1. The predicted molar refractivity (Wildman–Crippen MR) is 121 cm³/mol. The fourth-order valence-electron chi connectivity index (χ4n) is 3.94. The van der Waals surface area contributed by atoms with Crippen LogP contribution in [0.3, 0.4) is 0 Å². The molecule has 3 aromatic rings. The second kappa shape index (κ2) is 9.62. The maximum absolute atomic E-state index is 12.9. The van der Waals surface area contributed by atoms with E-state index in [2.05, 4.69) is 20.3 Å². The third kappa shape index (κ3) is 4.73. The van der Waals surface area contributed by atoms with Gasteiger partial charge in [0.05, 0.1) is 17.9 Å². The maximum atomic E-state index is 12.9. The van der Waals surface area contributed by atoms with Crippen LogP contribution in [0.2, 0.25) is 0 Å². The molecule has 0 spiro atoms. The minimum absolute atomic E-state index is 0.0621. The molecule has 1 aliphatic rings. The average molecular weight is 454 g/mol. The summed E-state index contributed by atoms with van der Waals surface area (Å²) in [5.74, 6) is 0.428. The lowest BCUT2D eigenvalue weighted by Crippen LogP contribution is -2.43. The van der Waals surface area contributed by atoms with Crippen molar-refractivity contribution >= 4 is 15.9 Å². The number of imidazole rings is 1. The van der Waals surface area contributed by atoms with E-state index in [1.54, 1.807) is 24.5 Å². The van der Waals surface area contributed by atoms with Crippen molar-refractivity contribution in [2.24, 2.45) is 5.92 Å². The highest BCUT2D eigenvalue weighted by Gasteiger charge is 2.33. The van der Waals surface area contributed by atoms with Gasteiger partial charge >= 0.3 is 0 Å². The van der Waals surface area contributed by atoms with Crippen LogP contribution in [0.5, 0.6) is 0 Å². The van der Waals surface area contributed by atoms with Crippen LogP contribution in [0, 0.1) is 5.92 Å². The molecule has 4 rings (SSSR count). The molecule has 1 unspecified atom stereocenters. The van der Waals surface area contributed by atoms with Crippen LogP contribution in [-0.2, 0) is 14.8 Å². The molecule has 1 aromatic carbocycles. The summed E-state index contributed by atoms with van der Waals surface area (Å²) in [6.45, 7) is 2.62. The summed E-state index contributed by atoms with van der Waals surface area (Å²) >= 11 is 0. The molecule has 0 saturated carbocycles.